The molecule has 0 aromatic heterocycles. The molecular weight excluding hydrogens is 379 g/mol. The molecule has 0 fully saturated rings. The van der Waals surface area contributed by atoms with Crippen molar-refractivity contribution in [2.75, 3.05) is 0 Å². The lowest BCUT2D eigenvalue weighted by Crippen LogP contribution is -2.38. The summed E-state index contributed by atoms with van der Waals surface area (Å²) in [5.41, 5.74) is 0. The van der Waals surface area contributed by atoms with Gasteiger partial charge in [-0.1, -0.05) is 130 Å². The SMILES string of the molecule is CCCCCCCCCCCCCCC(CC)C(CCC)(CCCC)P(=O)(O)O. The van der Waals surface area contributed by atoms with Gasteiger partial charge in [0.2, 0.25) is 0 Å². The van der Waals surface area contributed by atoms with Crippen LogP contribution in [0.15, 0.2) is 0 Å². The average molecular weight is 433 g/mol. The van der Waals surface area contributed by atoms with Crippen molar-refractivity contribution in [2.45, 2.75) is 155 Å². The van der Waals surface area contributed by atoms with Gasteiger partial charge in [0.25, 0.3) is 0 Å². The Bertz CT molecular complexity index is 407. The van der Waals surface area contributed by atoms with Gasteiger partial charge in [-0.25, -0.2) is 0 Å². The molecular formula is C25H53O3P. The van der Waals surface area contributed by atoms with Gasteiger partial charge in [-0.2, -0.15) is 0 Å². The molecule has 0 aromatic carbocycles. The highest BCUT2D eigenvalue weighted by atomic mass is 31.2. The van der Waals surface area contributed by atoms with E-state index < -0.39 is 12.8 Å². The molecule has 0 heterocycles. The predicted molar refractivity (Wildman–Crippen MR) is 129 cm³/mol. The second-order valence-corrected chi connectivity index (χ2v) is 11.3. The van der Waals surface area contributed by atoms with Crippen molar-refractivity contribution in [1.82, 2.24) is 0 Å². The smallest absolute Gasteiger partial charge is 0.324 e. The Balaban J connectivity index is 4.26. The number of unbranched alkanes of at least 4 members (excludes halogenated alkanes) is 12. The fourth-order valence-electron chi connectivity index (χ4n) is 5.06. The van der Waals surface area contributed by atoms with Crippen LogP contribution in [0.2, 0.25) is 0 Å². The fraction of sp³-hybridized carbons (Fsp3) is 1.00. The van der Waals surface area contributed by atoms with Crippen molar-refractivity contribution in [3.05, 3.63) is 0 Å². The molecule has 3 nitrogen and oxygen atoms in total. The van der Waals surface area contributed by atoms with E-state index in [0.29, 0.717) is 12.8 Å². The van der Waals surface area contributed by atoms with E-state index in [-0.39, 0.29) is 5.92 Å². The van der Waals surface area contributed by atoms with Crippen molar-refractivity contribution in [2.24, 2.45) is 5.92 Å². The normalized spacial score (nSPS) is 15.4. The third-order valence-electron chi connectivity index (χ3n) is 6.89. The van der Waals surface area contributed by atoms with Crippen molar-refractivity contribution in [1.29, 1.82) is 0 Å². The van der Waals surface area contributed by atoms with Gasteiger partial charge in [0.1, 0.15) is 0 Å². The Hall–Kier alpha value is 0.150. The first-order valence-electron chi connectivity index (χ1n) is 12.9. The third kappa shape index (κ3) is 11.9. The first-order valence-corrected chi connectivity index (χ1v) is 14.6. The predicted octanol–water partition coefficient (Wildman–Crippen LogP) is 9.01. The maximum atomic E-state index is 12.6. The van der Waals surface area contributed by atoms with Crippen LogP contribution in [0, 0.1) is 5.92 Å². The van der Waals surface area contributed by atoms with Crippen LogP contribution in [0.25, 0.3) is 0 Å². The molecule has 2 unspecified atom stereocenters. The van der Waals surface area contributed by atoms with Gasteiger partial charge >= 0.3 is 7.60 Å². The zero-order valence-electron chi connectivity index (χ0n) is 20.3. The van der Waals surface area contributed by atoms with Crippen LogP contribution in [0.5, 0.6) is 0 Å². The molecule has 4 heteroatoms. The maximum absolute atomic E-state index is 12.6. The summed E-state index contributed by atoms with van der Waals surface area (Å²) in [6.07, 6.45) is 21.9. The molecule has 0 aliphatic heterocycles. The highest BCUT2D eigenvalue weighted by molar-refractivity contribution is 7.53. The van der Waals surface area contributed by atoms with E-state index in [0.717, 1.165) is 38.5 Å². The standard InChI is InChI=1S/C25H53O3P/c1-5-9-11-12-13-14-15-16-17-18-19-20-21-24(8-4)25(22-7-3,23-10-6-2)29(26,27)28/h24H,5-23H2,1-4H3,(H2,26,27,28). The van der Waals surface area contributed by atoms with Crippen LogP contribution in [0.4, 0.5) is 0 Å². The van der Waals surface area contributed by atoms with E-state index >= 15 is 0 Å². The highest BCUT2D eigenvalue weighted by Gasteiger charge is 2.49. The van der Waals surface area contributed by atoms with Crippen LogP contribution in [-0.4, -0.2) is 14.9 Å². The molecule has 0 spiro atoms. The summed E-state index contributed by atoms with van der Waals surface area (Å²) < 4.78 is 12.6. The molecule has 0 saturated carbocycles. The van der Waals surface area contributed by atoms with Gasteiger partial charge in [0.15, 0.2) is 0 Å². The lowest BCUT2D eigenvalue weighted by molar-refractivity contribution is 0.220. The number of rotatable bonds is 21. The maximum Gasteiger partial charge on any atom is 0.331 e. The van der Waals surface area contributed by atoms with Crippen molar-refractivity contribution in [3.63, 3.8) is 0 Å². The summed E-state index contributed by atoms with van der Waals surface area (Å²) in [6.45, 7) is 8.57. The lowest BCUT2D eigenvalue weighted by Gasteiger charge is -2.41. The average Bonchev–Trinajstić information content (AvgIpc) is 2.68. The van der Waals surface area contributed by atoms with E-state index in [1.165, 1.54) is 70.6 Å². The van der Waals surface area contributed by atoms with Gasteiger partial charge in [0.05, 0.1) is 5.16 Å². The summed E-state index contributed by atoms with van der Waals surface area (Å²) in [4.78, 5) is 20.6. The fourth-order valence-corrected chi connectivity index (χ4v) is 6.81. The quantitative estimate of drug-likeness (QED) is 0.140. The second kappa shape index (κ2) is 17.8. The largest absolute Gasteiger partial charge is 0.331 e. The van der Waals surface area contributed by atoms with Gasteiger partial charge < -0.3 is 9.79 Å². The van der Waals surface area contributed by atoms with Crippen LogP contribution in [0.1, 0.15) is 150 Å². The van der Waals surface area contributed by atoms with Gasteiger partial charge in [-0.15, -0.1) is 0 Å². The highest BCUT2D eigenvalue weighted by Crippen LogP contribution is 2.61. The molecule has 176 valence electrons. The molecule has 0 amide bonds. The Morgan fingerprint density at radius 2 is 1.07 bits per heavy atom. The second-order valence-electron chi connectivity index (χ2n) is 9.28. The monoisotopic (exact) mass is 432 g/mol. The Kier molecular flexibility index (Phi) is 17.9. The number of hydrogen-bond acceptors (Lipinski definition) is 1. The third-order valence-corrected chi connectivity index (χ3v) is 8.86. The van der Waals surface area contributed by atoms with E-state index in [2.05, 4.69) is 27.7 Å². The Morgan fingerprint density at radius 3 is 1.45 bits per heavy atom. The van der Waals surface area contributed by atoms with Gasteiger partial charge in [-0.05, 0) is 25.2 Å². The van der Waals surface area contributed by atoms with E-state index in [4.69, 9.17) is 0 Å². The molecule has 0 saturated heterocycles. The summed E-state index contributed by atoms with van der Waals surface area (Å²) >= 11 is 0. The zero-order valence-corrected chi connectivity index (χ0v) is 21.2. The van der Waals surface area contributed by atoms with Crippen molar-refractivity contribution < 1.29 is 14.4 Å². The van der Waals surface area contributed by atoms with Crippen LogP contribution >= 0.6 is 7.60 Å². The molecule has 0 aromatic rings. The molecule has 0 aliphatic rings. The summed E-state index contributed by atoms with van der Waals surface area (Å²) in [5, 5.41) is -0.787. The van der Waals surface area contributed by atoms with Crippen molar-refractivity contribution in [3.8, 4) is 0 Å². The van der Waals surface area contributed by atoms with E-state index in [1.54, 1.807) is 0 Å². The van der Waals surface area contributed by atoms with Gasteiger partial charge in [-0.3, -0.25) is 4.57 Å². The molecule has 0 radical (unpaired) electrons. The van der Waals surface area contributed by atoms with Crippen LogP contribution < -0.4 is 0 Å². The van der Waals surface area contributed by atoms with Crippen LogP contribution in [0.3, 0.4) is 0 Å². The van der Waals surface area contributed by atoms with Crippen LogP contribution in [-0.2, 0) is 4.57 Å². The summed E-state index contributed by atoms with van der Waals surface area (Å²) in [6, 6.07) is 0. The number of hydrogen-bond donors (Lipinski definition) is 2. The zero-order chi connectivity index (χ0) is 22.0. The lowest BCUT2D eigenvalue weighted by atomic mass is 9.79. The Morgan fingerprint density at radius 1 is 0.621 bits per heavy atom. The minimum absolute atomic E-state index is 0.151. The van der Waals surface area contributed by atoms with Crippen molar-refractivity contribution >= 4 is 7.60 Å². The first-order chi connectivity index (χ1) is 13.9. The Labute approximate surface area is 183 Å². The molecule has 0 aliphatic carbocycles. The van der Waals surface area contributed by atoms with E-state index in [9.17, 15) is 14.4 Å². The molecule has 0 rings (SSSR count). The first kappa shape index (κ1) is 29.1. The minimum atomic E-state index is -4.11. The molecule has 29 heavy (non-hydrogen) atoms. The van der Waals surface area contributed by atoms with Gasteiger partial charge in [0, 0.05) is 0 Å². The van der Waals surface area contributed by atoms with E-state index in [1.807, 2.05) is 0 Å². The molecule has 2 N–H and O–H groups in total. The summed E-state index contributed by atoms with van der Waals surface area (Å²) in [7, 11) is -4.11. The summed E-state index contributed by atoms with van der Waals surface area (Å²) in [5.74, 6) is 0.151. The molecule has 0 bridgehead atoms. The minimum Gasteiger partial charge on any atom is -0.324 e. The molecule has 2 atom stereocenters. The topological polar surface area (TPSA) is 57.5 Å².